The summed E-state index contributed by atoms with van der Waals surface area (Å²) in [5, 5.41) is 3.01. The van der Waals surface area contributed by atoms with Crippen molar-refractivity contribution in [3.8, 4) is 5.88 Å². The van der Waals surface area contributed by atoms with E-state index in [4.69, 9.17) is 0 Å². The lowest BCUT2D eigenvalue weighted by Gasteiger charge is -2.00. The average Bonchev–Trinajstić information content (AvgIpc) is 2.27. The Morgan fingerprint density at radius 3 is 2.33 bits per heavy atom. The zero-order chi connectivity index (χ0) is 11.9. The quantitative estimate of drug-likeness (QED) is 0.713. The number of rotatable bonds is 2. The molecule has 0 aliphatic rings. The van der Waals surface area contributed by atoms with E-state index in [0.29, 0.717) is 10.9 Å². The van der Waals surface area contributed by atoms with E-state index in [0.717, 1.165) is 7.05 Å². The van der Waals surface area contributed by atoms with Gasteiger partial charge in [-0.3, -0.25) is 0 Å². The summed E-state index contributed by atoms with van der Waals surface area (Å²) in [6.45, 7) is 0. The highest BCUT2D eigenvalue weighted by Gasteiger charge is 2.35. The van der Waals surface area contributed by atoms with Crippen molar-refractivity contribution in [1.29, 1.82) is 0 Å². The van der Waals surface area contributed by atoms with E-state index >= 15 is 0 Å². The van der Waals surface area contributed by atoms with Crippen LogP contribution in [0.25, 0.3) is 0 Å². The molecule has 1 radical (unpaired) electrons. The molecular formula is C6H6F3N2O3S. The molecule has 0 atom stereocenters. The SMILES string of the molecule is Cn1nc(C(F)(F)F)[c]c1OS(C)(=O)=O. The second-order valence-electron chi connectivity index (χ2n) is 2.69. The van der Waals surface area contributed by atoms with Crippen LogP contribution in [0.3, 0.4) is 0 Å². The van der Waals surface area contributed by atoms with Crippen LogP contribution in [0.4, 0.5) is 13.2 Å². The predicted molar refractivity (Wildman–Crippen MR) is 42.5 cm³/mol. The zero-order valence-corrected chi connectivity index (χ0v) is 8.48. The number of nitrogens with zero attached hydrogens (tertiary/aromatic N) is 2. The van der Waals surface area contributed by atoms with E-state index in [2.05, 4.69) is 9.28 Å². The molecule has 9 heteroatoms. The molecule has 0 fully saturated rings. The van der Waals surface area contributed by atoms with Crippen molar-refractivity contribution < 1.29 is 25.8 Å². The molecule has 15 heavy (non-hydrogen) atoms. The third kappa shape index (κ3) is 3.11. The normalized spacial score (nSPS) is 12.9. The second kappa shape index (κ2) is 3.40. The van der Waals surface area contributed by atoms with E-state index < -0.39 is 27.9 Å². The van der Waals surface area contributed by atoms with Gasteiger partial charge in [-0.05, 0) is 0 Å². The number of aryl methyl sites for hydroxylation is 1. The van der Waals surface area contributed by atoms with Crippen LogP contribution >= 0.6 is 0 Å². The first-order valence-electron chi connectivity index (χ1n) is 3.52. The third-order valence-electron chi connectivity index (χ3n) is 1.27. The molecular weight excluding hydrogens is 237 g/mol. The number of halogens is 3. The fraction of sp³-hybridized carbons (Fsp3) is 0.500. The molecule has 5 nitrogen and oxygen atoms in total. The fourth-order valence-corrected chi connectivity index (χ4v) is 1.18. The maximum Gasteiger partial charge on any atom is 0.435 e. The highest BCUT2D eigenvalue weighted by Crippen LogP contribution is 2.29. The maximum atomic E-state index is 12.1. The van der Waals surface area contributed by atoms with Crippen LogP contribution in [0, 0.1) is 6.07 Å². The molecule has 0 aliphatic heterocycles. The van der Waals surface area contributed by atoms with Crippen LogP contribution in [-0.2, 0) is 23.3 Å². The monoisotopic (exact) mass is 243 g/mol. The van der Waals surface area contributed by atoms with E-state index in [1.807, 2.05) is 0 Å². The summed E-state index contributed by atoms with van der Waals surface area (Å²) in [6.07, 6.45) is -3.97. The highest BCUT2D eigenvalue weighted by atomic mass is 32.2. The average molecular weight is 243 g/mol. The summed E-state index contributed by atoms with van der Waals surface area (Å²) in [5.41, 5.74) is -1.33. The highest BCUT2D eigenvalue weighted by molar-refractivity contribution is 7.86. The summed E-state index contributed by atoms with van der Waals surface area (Å²) >= 11 is 0. The van der Waals surface area contributed by atoms with Crippen LogP contribution < -0.4 is 4.18 Å². The van der Waals surface area contributed by atoms with Crippen molar-refractivity contribution >= 4 is 10.1 Å². The van der Waals surface area contributed by atoms with Gasteiger partial charge >= 0.3 is 16.3 Å². The molecule has 1 aromatic heterocycles. The summed E-state index contributed by atoms with van der Waals surface area (Å²) < 4.78 is 62.5. The van der Waals surface area contributed by atoms with E-state index in [9.17, 15) is 21.6 Å². The molecule has 1 heterocycles. The van der Waals surface area contributed by atoms with E-state index in [-0.39, 0.29) is 0 Å². The van der Waals surface area contributed by atoms with Crippen LogP contribution in [0.2, 0.25) is 0 Å². The minimum absolute atomic E-state index is 0.607. The lowest BCUT2D eigenvalue weighted by atomic mass is 10.4. The van der Waals surface area contributed by atoms with Gasteiger partial charge in [0.15, 0.2) is 5.69 Å². The van der Waals surface area contributed by atoms with Gasteiger partial charge in [0.25, 0.3) is 0 Å². The van der Waals surface area contributed by atoms with Crippen molar-refractivity contribution in [3.63, 3.8) is 0 Å². The van der Waals surface area contributed by atoms with Crippen molar-refractivity contribution in [1.82, 2.24) is 9.78 Å². The summed E-state index contributed by atoms with van der Waals surface area (Å²) in [4.78, 5) is 0. The minimum atomic E-state index is -4.68. The van der Waals surface area contributed by atoms with Crippen LogP contribution in [0.5, 0.6) is 5.88 Å². The largest absolute Gasteiger partial charge is 0.435 e. The van der Waals surface area contributed by atoms with Crippen molar-refractivity contribution in [3.05, 3.63) is 11.8 Å². The lowest BCUT2D eigenvalue weighted by molar-refractivity contribution is -0.141. The molecule has 0 spiro atoms. The number of hydrogen-bond donors (Lipinski definition) is 0. The Hall–Kier alpha value is -1.25. The maximum absolute atomic E-state index is 12.1. The fourth-order valence-electron chi connectivity index (χ4n) is 0.748. The standard InChI is InChI=1S/C6H6F3N2O3S/c1-11-5(14-15(2,12)13)3-4(10-11)6(7,8)9/h1-2H3. The van der Waals surface area contributed by atoms with E-state index in [1.165, 1.54) is 0 Å². The molecule has 0 saturated carbocycles. The molecule has 0 aliphatic carbocycles. The van der Waals surface area contributed by atoms with Crippen LogP contribution in [-0.4, -0.2) is 24.5 Å². The Morgan fingerprint density at radius 2 is 2.00 bits per heavy atom. The van der Waals surface area contributed by atoms with Gasteiger partial charge in [-0.25, -0.2) is 4.68 Å². The topological polar surface area (TPSA) is 61.2 Å². The molecule has 1 rings (SSSR count). The molecule has 0 unspecified atom stereocenters. The lowest BCUT2D eigenvalue weighted by Crippen LogP contribution is -2.09. The Balaban J connectivity index is 3.08. The van der Waals surface area contributed by atoms with Gasteiger partial charge in [0.1, 0.15) is 0 Å². The van der Waals surface area contributed by atoms with Gasteiger partial charge in [0.05, 0.1) is 12.3 Å². The Morgan fingerprint density at radius 1 is 1.47 bits per heavy atom. The molecule has 0 saturated heterocycles. The second-order valence-corrected chi connectivity index (χ2v) is 4.26. The first-order valence-corrected chi connectivity index (χ1v) is 5.34. The molecule has 0 N–H and O–H groups in total. The summed E-state index contributed by atoms with van der Waals surface area (Å²) in [5.74, 6) is -0.607. The Labute approximate surface area is 83.6 Å². The molecule has 1 aromatic rings. The van der Waals surface area contributed by atoms with Crippen LogP contribution in [0.15, 0.2) is 0 Å². The Kier molecular flexibility index (Phi) is 2.68. The molecule has 85 valence electrons. The summed E-state index contributed by atoms with van der Waals surface area (Å²) in [6, 6.07) is 1.70. The predicted octanol–water partition coefficient (Wildman–Crippen LogP) is 0.577. The molecule has 0 aromatic carbocycles. The van der Waals surface area contributed by atoms with Gasteiger partial charge in [-0.15, -0.1) is 0 Å². The van der Waals surface area contributed by atoms with Gasteiger partial charge < -0.3 is 4.18 Å². The third-order valence-corrected chi connectivity index (χ3v) is 1.73. The first-order chi connectivity index (χ1) is 6.59. The van der Waals surface area contributed by atoms with Crippen LogP contribution in [0.1, 0.15) is 5.69 Å². The van der Waals surface area contributed by atoms with Crippen molar-refractivity contribution in [2.45, 2.75) is 6.18 Å². The van der Waals surface area contributed by atoms with Gasteiger partial charge in [0.2, 0.25) is 5.88 Å². The van der Waals surface area contributed by atoms with Gasteiger partial charge in [-0.2, -0.15) is 26.7 Å². The van der Waals surface area contributed by atoms with Crippen molar-refractivity contribution in [2.75, 3.05) is 6.26 Å². The number of hydrogen-bond acceptors (Lipinski definition) is 4. The molecule has 0 amide bonds. The number of aromatic nitrogens is 2. The van der Waals surface area contributed by atoms with E-state index in [1.54, 1.807) is 6.07 Å². The van der Waals surface area contributed by atoms with Gasteiger partial charge in [-0.1, -0.05) is 0 Å². The molecule has 0 bridgehead atoms. The summed E-state index contributed by atoms with van der Waals surface area (Å²) in [7, 11) is -2.77. The Bertz CT molecular complexity index is 462. The minimum Gasteiger partial charge on any atom is -0.361 e. The smallest absolute Gasteiger partial charge is 0.361 e. The zero-order valence-electron chi connectivity index (χ0n) is 7.66. The van der Waals surface area contributed by atoms with Crippen molar-refractivity contribution in [2.24, 2.45) is 7.05 Å². The van der Waals surface area contributed by atoms with Gasteiger partial charge in [0, 0.05) is 7.05 Å². The first kappa shape index (κ1) is 11.8. The number of alkyl halides is 3.